The summed E-state index contributed by atoms with van der Waals surface area (Å²) in [6, 6.07) is 15.8. The Morgan fingerprint density at radius 3 is 2.32 bits per heavy atom. The van der Waals surface area contributed by atoms with E-state index in [2.05, 4.69) is 5.32 Å². The van der Waals surface area contributed by atoms with E-state index in [1.807, 2.05) is 61.5 Å². The number of carbonyl (C=O) groups is 3. The minimum atomic E-state index is -0.836. The number of benzene rings is 2. The van der Waals surface area contributed by atoms with Crippen molar-refractivity contribution in [3.63, 3.8) is 0 Å². The van der Waals surface area contributed by atoms with Gasteiger partial charge in [0.1, 0.15) is 6.04 Å². The number of ether oxygens (including phenoxy) is 1. The zero-order chi connectivity index (χ0) is 19.8. The molecule has 0 aromatic heterocycles. The van der Waals surface area contributed by atoms with Crippen LogP contribution < -0.4 is 5.32 Å². The quantitative estimate of drug-likeness (QED) is 0.650. The first-order valence-electron chi connectivity index (χ1n) is 9.31. The maximum Gasteiger partial charge on any atom is 0.323 e. The van der Waals surface area contributed by atoms with E-state index in [1.165, 1.54) is 12.0 Å². The topological polar surface area (TPSA) is 75.7 Å². The number of likely N-dealkylation sites (tertiary alicyclic amines) is 1. The van der Waals surface area contributed by atoms with E-state index in [0.717, 1.165) is 16.7 Å². The van der Waals surface area contributed by atoms with E-state index in [4.69, 9.17) is 4.74 Å². The molecule has 144 valence electrons. The molecule has 2 aliphatic rings. The number of imide groups is 1. The second kappa shape index (κ2) is 7.20. The van der Waals surface area contributed by atoms with Gasteiger partial charge in [0.2, 0.25) is 11.8 Å². The lowest BCUT2D eigenvalue weighted by Crippen LogP contribution is -2.43. The molecule has 28 heavy (non-hydrogen) atoms. The summed E-state index contributed by atoms with van der Waals surface area (Å²) in [5, 5.41) is 3.20. The Balaban J connectivity index is 1.72. The highest BCUT2D eigenvalue weighted by Crippen LogP contribution is 2.45. The Labute approximate surface area is 163 Å². The third-order valence-corrected chi connectivity index (χ3v) is 5.73. The SMILES string of the molecule is COC(=O)[C@H]1N[C@@H](c2ccccc2C)[C@H]2C(=O)N(Cc3ccccc3)C(=O)[C@H]21. The number of hydrogen-bond donors (Lipinski definition) is 1. The van der Waals surface area contributed by atoms with Crippen LogP contribution in [0.2, 0.25) is 0 Å². The number of esters is 1. The molecule has 2 aromatic carbocycles. The molecule has 0 unspecified atom stereocenters. The van der Waals surface area contributed by atoms with Gasteiger partial charge in [-0.1, -0.05) is 54.6 Å². The van der Waals surface area contributed by atoms with Crippen molar-refractivity contribution in [2.45, 2.75) is 25.6 Å². The van der Waals surface area contributed by atoms with Crippen LogP contribution in [-0.2, 0) is 25.7 Å². The minimum Gasteiger partial charge on any atom is -0.468 e. The number of carbonyl (C=O) groups excluding carboxylic acids is 3. The second-order valence-corrected chi connectivity index (χ2v) is 7.30. The molecule has 6 heteroatoms. The van der Waals surface area contributed by atoms with E-state index in [1.54, 1.807) is 0 Å². The number of aryl methyl sites for hydroxylation is 1. The highest BCUT2D eigenvalue weighted by atomic mass is 16.5. The summed E-state index contributed by atoms with van der Waals surface area (Å²) in [6.45, 7) is 2.17. The van der Waals surface area contributed by atoms with Crippen molar-refractivity contribution in [3.8, 4) is 0 Å². The lowest BCUT2D eigenvalue weighted by molar-refractivity contribution is -0.148. The van der Waals surface area contributed by atoms with Crippen LogP contribution in [0.3, 0.4) is 0 Å². The smallest absolute Gasteiger partial charge is 0.323 e. The van der Waals surface area contributed by atoms with Crippen molar-refractivity contribution in [2.75, 3.05) is 7.11 Å². The number of nitrogens with one attached hydrogen (secondary N) is 1. The molecule has 2 aliphatic heterocycles. The van der Waals surface area contributed by atoms with Crippen LogP contribution in [0, 0.1) is 18.8 Å². The number of amides is 2. The normalized spacial score (nSPS) is 26.4. The third-order valence-electron chi connectivity index (χ3n) is 5.73. The summed E-state index contributed by atoms with van der Waals surface area (Å²) in [6.07, 6.45) is 0. The van der Waals surface area contributed by atoms with Gasteiger partial charge in [-0.05, 0) is 23.6 Å². The van der Waals surface area contributed by atoms with Crippen molar-refractivity contribution in [2.24, 2.45) is 11.8 Å². The van der Waals surface area contributed by atoms with Gasteiger partial charge in [0.15, 0.2) is 0 Å². The predicted octanol–water partition coefficient (Wildman–Crippen LogP) is 1.98. The molecule has 2 saturated heterocycles. The van der Waals surface area contributed by atoms with Crippen molar-refractivity contribution >= 4 is 17.8 Å². The van der Waals surface area contributed by atoms with E-state index >= 15 is 0 Å². The van der Waals surface area contributed by atoms with Gasteiger partial charge >= 0.3 is 5.97 Å². The van der Waals surface area contributed by atoms with E-state index < -0.39 is 29.9 Å². The largest absolute Gasteiger partial charge is 0.468 e. The maximum atomic E-state index is 13.3. The zero-order valence-electron chi connectivity index (χ0n) is 15.8. The Hall–Kier alpha value is -2.99. The summed E-state index contributed by atoms with van der Waals surface area (Å²) in [5.41, 5.74) is 2.80. The Morgan fingerprint density at radius 2 is 1.64 bits per heavy atom. The molecule has 2 fully saturated rings. The summed E-state index contributed by atoms with van der Waals surface area (Å²) in [7, 11) is 1.29. The van der Waals surface area contributed by atoms with Crippen molar-refractivity contribution in [1.29, 1.82) is 0 Å². The highest BCUT2D eigenvalue weighted by molar-refractivity contribution is 6.08. The number of fused-ring (bicyclic) bond motifs is 1. The van der Waals surface area contributed by atoms with Gasteiger partial charge in [0, 0.05) is 6.04 Å². The fourth-order valence-corrected chi connectivity index (χ4v) is 4.36. The van der Waals surface area contributed by atoms with Crippen LogP contribution in [-0.4, -0.2) is 35.8 Å². The highest BCUT2D eigenvalue weighted by Gasteiger charge is 2.61. The molecule has 4 atom stereocenters. The van der Waals surface area contributed by atoms with Crippen molar-refractivity contribution in [1.82, 2.24) is 10.2 Å². The molecule has 2 heterocycles. The molecular formula is C22H22N2O4. The number of rotatable bonds is 4. The second-order valence-electron chi connectivity index (χ2n) is 7.30. The molecule has 4 rings (SSSR count). The van der Waals surface area contributed by atoms with Gasteiger partial charge in [-0.15, -0.1) is 0 Å². The lowest BCUT2D eigenvalue weighted by Gasteiger charge is -2.23. The Bertz CT molecular complexity index is 927. The van der Waals surface area contributed by atoms with Crippen LogP contribution in [0.15, 0.2) is 54.6 Å². The number of hydrogen-bond acceptors (Lipinski definition) is 5. The van der Waals surface area contributed by atoms with Crippen LogP contribution in [0.25, 0.3) is 0 Å². The fourth-order valence-electron chi connectivity index (χ4n) is 4.36. The van der Waals surface area contributed by atoms with Crippen molar-refractivity contribution < 1.29 is 19.1 Å². The maximum absolute atomic E-state index is 13.3. The molecule has 0 aliphatic carbocycles. The van der Waals surface area contributed by atoms with E-state index in [-0.39, 0.29) is 18.4 Å². The average molecular weight is 378 g/mol. The molecule has 0 saturated carbocycles. The summed E-state index contributed by atoms with van der Waals surface area (Å²) < 4.78 is 4.91. The van der Waals surface area contributed by atoms with Gasteiger partial charge < -0.3 is 4.74 Å². The molecule has 0 bridgehead atoms. The first kappa shape index (κ1) is 18.4. The van der Waals surface area contributed by atoms with Crippen LogP contribution in [0.4, 0.5) is 0 Å². The molecular weight excluding hydrogens is 356 g/mol. The molecule has 2 amide bonds. The zero-order valence-corrected chi connectivity index (χ0v) is 15.8. The van der Waals surface area contributed by atoms with Crippen LogP contribution in [0.5, 0.6) is 0 Å². The molecule has 2 aromatic rings. The Kier molecular flexibility index (Phi) is 4.73. The number of methoxy groups -OCH3 is 1. The van der Waals surface area contributed by atoms with Gasteiger partial charge in [-0.3, -0.25) is 24.6 Å². The third kappa shape index (κ3) is 2.90. The van der Waals surface area contributed by atoms with Crippen molar-refractivity contribution in [3.05, 3.63) is 71.3 Å². The van der Waals surface area contributed by atoms with Crippen LogP contribution >= 0.6 is 0 Å². The monoisotopic (exact) mass is 378 g/mol. The standard InChI is InChI=1S/C22H22N2O4/c1-13-8-6-7-11-15(13)18-16-17(19(23-18)22(27)28-2)21(26)24(20(16)25)12-14-9-4-3-5-10-14/h3-11,16-19,23H,12H2,1-2H3/t16-,17+,18-,19-/m0/s1. The number of nitrogens with zero attached hydrogens (tertiary/aromatic N) is 1. The average Bonchev–Trinajstić information content (AvgIpc) is 3.21. The molecule has 1 N–H and O–H groups in total. The van der Waals surface area contributed by atoms with Gasteiger partial charge in [-0.25, -0.2) is 0 Å². The molecule has 6 nitrogen and oxygen atoms in total. The summed E-state index contributed by atoms with van der Waals surface area (Å²) >= 11 is 0. The minimum absolute atomic E-state index is 0.208. The Morgan fingerprint density at radius 1 is 1.00 bits per heavy atom. The lowest BCUT2D eigenvalue weighted by atomic mass is 9.85. The van der Waals surface area contributed by atoms with E-state index in [0.29, 0.717) is 0 Å². The van der Waals surface area contributed by atoms with Crippen LogP contribution in [0.1, 0.15) is 22.7 Å². The molecule has 0 spiro atoms. The first-order chi connectivity index (χ1) is 13.5. The fraction of sp³-hybridized carbons (Fsp3) is 0.318. The summed E-state index contributed by atoms with van der Waals surface area (Å²) in [5.74, 6) is -2.47. The summed E-state index contributed by atoms with van der Waals surface area (Å²) in [4.78, 5) is 40.1. The first-order valence-corrected chi connectivity index (χ1v) is 9.31. The van der Waals surface area contributed by atoms with Gasteiger partial charge in [0.05, 0.1) is 25.5 Å². The molecule has 0 radical (unpaired) electrons. The predicted molar refractivity (Wildman–Crippen MR) is 102 cm³/mol. The van der Waals surface area contributed by atoms with Gasteiger partial charge in [0.25, 0.3) is 0 Å². The van der Waals surface area contributed by atoms with E-state index in [9.17, 15) is 14.4 Å². The van der Waals surface area contributed by atoms with Gasteiger partial charge in [-0.2, -0.15) is 0 Å².